The van der Waals surface area contributed by atoms with Crippen molar-refractivity contribution in [3.8, 4) is 5.69 Å². The average Bonchev–Trinajstić information content (AvgIpc) is 3.00. The summed E-state index contributed by atoms with van der Waals surface area (Å²) in [5.41, 5.74) is 6.01. The molecule has 5 heteroatoms. The number of urea groups is 1. The van der Waals surface area contributed by atoms with E-state index in [1.54, 1.807) is 0 Å². The van der Waals surface area contributed by atoms with E-state index in [0.717, 1.165) is 36.9 Å². The second kappa shape index (κ2) is 7.07. The second-order valence-corrected chi connectivity index (χ2v) is 6.52. The monoisotopic (exact) mass is 326 g/mol. The van der Waals surface area contributed by atoms with Gasteiger partial charge in [-0.1, -0.05) is 19.1 Å². The SMILES string of the molecule is CCCNC(=O)N[C@H]1CCCc2c1cnn2-c1cccc(C)c1C. The minimum Gasteiger partial charge on any atom is -0.338 e. The fraction of sp³-hybridized carbons (Fsp3) is 0.474. The molecule has 1 aliphatic rings. The quantitative estimate of drug-likeness (QED) is 0.902. The third kappa shape index (κ3) is 3.16. The number of nitrogens with one attached hydrogen (secondary N) is 2. The number of hydrogen-bond donors (Lipinski definition) is 2. The molecule has 1 aromatic heterocycles. The number of hydrogen-bond acceptors (Lipinski definition) is 2. The van der Waals surface area contributed by atoms with Crippen molar-refractivity contribution in [1.29, 1.82) is 0 Å². The van der Waals surface area contributed by atoms with Crippen LogP contribution in [0.15, 0.2) is 24.4 Å². The number of fused-ring (bicyclic) bond motifs is 1. The lowest BCUT2D eigenvalue weighted by Gasteiger charge is -2.24. The number of aryl methyl sites for hydroxylation is 1. The highest BCUT2D eigenvalue weighted by Gasteiger charge is 2.26. The number of amides is 2. The number of aromatic nitrogens is 2. The topological polar surface area (TPSA) is 59.0 Å². The molecular weight excluding hydrogens is 300 g/mol. The lowest BCUT2D eigenvalue weighted by molar-refractivity contribution is 0.235. The Morgan fingerprint density at radius 3 is 3.00 bits per heavy atom. The molecule has 3 rings (SSSR count). The van der Waals surface area contributed by atoms with E-state index in [1.807, 2.05) is 13.1 Å². The van der Waals surface area contributed by atoms with E-state index in [-0.39, 0.29) is 12.1 Å². The summed E-state index contributed by atoms with van der Waals surface area (Å²) in [5.74, 6) is 0. The molecule has 2 aromatic rings. The molecule has 1 heterocycles. The molecule has 0 aliphatic heterocycles. The molecule has 0 unspecified atom stereocenters. The molecule has 1 aliphatic carbocycles. The maximum absolute atomic E-state index is 12.0. The molecule has 0 saturated carbocycles. The van der Waals surface area contributed by atoms with Crippen molar-refractivity contribution in [2.75, 3.05) is 6.54 Å². The summed E-state index contributed by atoms with van der Waals surface area (Å²) < 4.78 is 2.05. The van der Waals surface area contributed by atoms with Crippen molar-refractivity contribution < 1.29 is 4.79 Å². The van der Waals surface area contributed by atoms with Crippen LogP contribution in [0.4, 0.5) is 4.79 Å². The normalized spacial score (nSPS) is 16.5. The van der Waals surface area contributed by atoms with Crippen molar-refractivity contribution in [1.82, 2.24) is 20.4 Å². The Hall–Kier alpha value is -2.30. The van der Waals surface area contributed by atoms with Gasteiger partial charge in [0.25, 0.3) is 0 Å². The maximum atomic E-state index is 12.0. The minimum absolute atomic E-state index is 0.0458. The van der Waals surface area contributed by atoms with Crippen LogP contribution in [0, 0.1) is 13.8 Å². The van der Waals surface area contributed by atoms with Gasteiger partial charge in [0.05, 0.1) is 17.9 Å². The van der Waals surface area contributed by atoms with Crippen molar-refractivity contribution in [3.63, 3.8) is 0 Å². The van der Waals surface area contributed by atoms with Gasteiger partial charge in [-0.2, -0.15) is 5.10 Å². The van der Waals surface area contributed by atoms with E-state index in [4.69, 9.17) is 0 Å². The summed E-state index contributed by atoms with van der Waals surface area (Å²) in [6.45, 7) is 7.01. The van der Waals surface area contributed by atoms with Gasteiger partial charge >= 0.3 is 6.03 Å². The van der Waals surface area contributed by atoms with Gasteiger partial charge in [-0.15, -0.1) is 0 Å². The number of rotatable bonds is 4. The first-order chi connectivity index (χ1) is 11.6. The molecule has 0 bridgehead atoms. The third-order valence-electron chi connectivity index (χ3n) is 4.83. The van der Waals surface area contributed by atoms with Crippen LogP contribution in [0.2, 0.25) is 0 Å². The van der Waals surface area contributed by atoms with Gasteiger partial charge in [0.2, 0.25) is 0 Å². The Morgan fingerprint density at radius 2 is 2.21 bits per heavy atom. The van der Waals surface area contributed by atoms with Crippen molar-refractivity contribution >= 4 is 6.03 Å². The summed E-state index contributed by atoms with van der Waals surface area (Å²) in [7, 11) is 0. The van der Waals surface area contributed by atoms with E-state index < -0.39 is 0 Å². The van der Waals surface area contributed by atoms with Crippen LogP contribution in [0.5, 0.6) is 0 Å². The molecule has 5 nitrogen and oxygen atoms in total. The van der Waals surface area contributed by atoms with Crippen LogP contribution in [-0.4, -0.2) is 22.4 Å². The number of carbonyl (C=O) groups is 1. The molecule has 128 valence electrons. The first-order valence-corrected chi connectivity index (χ1v) is 8.79. The summed E-state index contributed by atoms with van der Waals surface area (Å²) >= 11 is 0. The Morgan fingerprint density at radius 1 is 1.38 bits per heavy atom. The van der Waals surface area contributed by atoms with E-state index in [9.17, 15) is 4.79 Å². The van der Waals surface area contributed by atoms with Crippen LogP contribution in [0.3, 0.4) is 0 Å². The van der Waals surface area contributed by atoms with E-state index in [0.29, 0.717) is 6.54 Å². The van der Waals surface area contributed by atoms with Gasteiger partial charge < -0.3 is 10.6 Å². The van der Waals surface area contributed by atoms with E-state index >= 15 is 0 Å². The highest BCUT2D eigenvalue weighted by atomic mass is 16.2. The van der Waals surface area contributed by atoms with Gasteiger partial charge in [0.1, 0.15) is 0 Å². The zero-order chi connectivity index (χ0) is 17.1. The molecule has 1 aromatic carbocycles. The van der Waals surface area contributed by atoms with Crippen LogP contribution in [0.1, 0.15) is 54.6 Å². The molecule has 2 amide bonds. The first kappa shape index (κ1) is 16.6. The van der Waals surface area contributed by atoms with Crippen molar-refractivity contribution in [2.24, 2.45) is 0 Å². The van der Waals surface area contributed by atoms with E-state index in [2.05, 4.69) is 52.5 Å². The van der Waals surface area contributed by atoms with Gasteiger partial charge in [-0.25, -0.2) is 9.48 Å². The minimum atomic E-state index is -0.0887. The van der Waals surface area contributed by atoms with Crippen molar-refractivity contribution in [3.05, 3.63) is 46.8 Å². The predicted octanol–water partition coefficient (Wildman–Crippen LogP) is 3.58. The molecule has 0 radical (unpaired) electrons. The van der Waals surface area contributed by atoms with Gasteiger partial charge in [0.15, 0.2) is 0 Å². The standard InChI is InChI=1S/C19H26N4O/c1-4-11-20-19(24)22-16-8-6-10-18-15(16)12-21-23(18)17-9-5-7-13(2)14(17)3/h5,7,9,12,16H,4,6,8,10-11H2,1-3H3,(H2,20,22,24)/t16-/m0/s1. The molecule has 0 spiro atoms. The highest BCUT2D eigenvalue weighted by Crippen LogP contribution is 2.32. The average molecular weight is 326 g/mol. The summed E-state index contributed by atoms with van der Waals surface area (Å²) in [4.78, 5) is 12.0. The molecule has 1 atom stereocenters. The molecule has 2 N–H and O–H groups in total. The Kier molecular flexibility index (Phi) is 4.88. The second-order valence-electron chi connectivity index (χ2n) is 6.52. The van der Waals surface area contributed by atoms with E-state index in [1.165, 1.54) is 16.8 Å². The third-order valence-corrected chi connectivity index (χ3v) is 4.83. The van der Waals surface area contributed by atoms with Gasteiger partial charge in [0, 0.05) is 17.8 Å². The fourth-order valence-electron chi connectivity index (χ4n) is 3.33. The summed E-state index contributed by atoms with van der Waals surface area (Å²) in [6.07, 6.45) is 5.87. The van der Waals surface area contributed by atoms with Gasteiger partial charge in [-0.3, -0.25) is 0 Å². The molecular formula is C19H26N4O. The molecule has 0 fully saturated rings. The summed E-state index contributed by atoms with van der Waals surface area (Å²) in [6, 6.07) is 6.26. The number of benzene rings is 1. The highest BCUT2D eigenvalue weighted by molar-refractivity contribution is 5.74. The first-order valence-electron chi connectivity index (χ1n) is 8.79. The number of carbonyl (C=O) groups excluding carboxylic acids is 1. The molecule has 24 heavy (non-hydrogen) atoms. The lowest BCUT2D eigenvalue weighted by Crippen LogP contribution is -2.39. The van der Waals surface area contributed by atoms with Crippen LogP contribution < -0.4 is 10.6 Å². The molecule has 0 saturated heterocycles. The predicted molar refractivity (Wildman–Crippen MR) is 95.5 cm³/mol. The van der Waals surface area contributed by atoms with Crippen LogP contribution in [-0.2, 0) is 6.42 Å². The Bertz CT molecular complexity index is 735. The number of nitrogens with zero attached hydrogens (tertiary/aromatic N) is 2. The Balaban J connectivity index is 1.87. The smallest absolute Gasteiger partial charge is 0.315 e. The lowest BCUT2D eigenvalue weighted by atomic mass is 9.93. The van der Waals surface area contributed by atoms with Crippen molar-refractivity contribution in [2.45, 2.75) is 52.5 Å². The largest absolute Gasteiger partial charge is 0.338 e. The zero-order valence-electron chi connectivity index (χ0n) is 14.7. The zero-order valence-corrected chi connectivity index (χ0v) is 14.7. The van der Waals surface area contributed by atoms with Crippen LogP contribution in [0.25, 0.3) is 5.69 Å². The maximum Gasteiger partial charge on any atom is 0.315 e. The summed E-state index contributed by atoms with van der Waals surface area (Å²) in [5, 5.41) is 10.6. The Labute approximate surface area is 143 Å². The van der Waals surface area contributed by atoms with Crippen LogP contribution >= 0.6 is 0 Å². The fourth-order valence-corrected chi connectivity index (χ4v) is 3.33. The van der Waals surface area contributed by atoms with Gasteiger partial charge in [-0.05, 0) is 56.7 Å².